The van der Waals surface area contributed by atoms with Crippen molar-refractivity contribution in [3.05, 3.63) is 174 Å². The van der Waals surface area contributed by atoms with Gasteiger partial charge in [-0.2, -0.15) is 52.6 Å². The Morgan fingerprint density at radius 1 is 0.357 bits per heavy atom. The van der Waals surface area contributed by atoms with Crippen LogP contribution in [0.5, 0.6) is 0 Å². The van der Waals surface area contributed by atoms with E-state index in [1.54, 1.807) is 12.1 Å². The summed E-state index contributed by atoms with van der Waals surface area (Å²) in [5.74, 6) is -1.97. The van der Waals surface area contributed by atoms with Crippen molar-refractivity contribution in [1.29, 1.82) is 52.6 Å². The monoisotopic (exact) mass is 718 g/mol. The Morgan fingerprint density at radius 2 is 0.696 bits per heavy atom. The highest BCUT2D eigenvalue weighted by Crippen LogP contribution is 2.59. The summed E-state index contributed by atoms with van der Waals surface area (Å²) in [4.78, 5) is 0. The van der Waals surface area contributed by atoms with E-state index in [0.717, 1.165) is 24.3 Å². The fraction of sp³-hybridized carbons (Fsp3) is 0. The van der Waals surface area contributed by atoms with E-state index >= 15 is 8.78 Å². The molecule has 0 unspecified atom stereocenters. The van der Waals surface area contributed by atoms with Gasteiger partial charge >= 0.3 is 0 Å². The average Bonchev–Trinajstić information content (AvgIpc) is 3.73. The topological polar surface area (TPSA) is 238 Å². The lowest BCUT2D eigenvalue weighted by atomic mass is 9.82. The Morgan fingerprint density at radius 3 is 0.982 bits per heavy atom. The summed E-state index contributed by atoms with van der Waals surface area (Å²) >= 11 is 0. The molecule has 4 aromatic rings. The van der Waals surface area contributed by atoms with Gasteiger partial charge < -0.3 is 0 Å². The Hall–Kier alpha value is -9.66. The van der Waals surface area contributed by atoms with E-state index in [0.29, 0.717) is 0 Å². The van der Waals surface area contributed by atoms with Gasteiger partial charge in [0.05, 0.1) is 55.7 Å². The normalized spacial score (nSPS) is 14.3. The molecule has 0 N–H and O–H groups in total. The van der Waals surface area contributed by atoms with Crippen LogP contribution in [0.3, 0.4) is 0 Å². The predicted molar refractivity (Wildman–Crippen MR) is 191 cm³/mol. The molecular formula is C44H12F2N10. The molecule has 0 saturated carbocycles. The van der Waals surface area contributed by atoms with Gasteiger partial charge in [-0.1, -0.05) is 24.3 Å². The first-order valence-corrected chi connectivity index (χ1v) is 15.8. The molecule has 0 aromatic heterocycles. The van der Waals surface area contributed by atoms with Crippen LogP contribution < -0.4 is 0 Å². The minimum atomic E-state index is -0.985. The summed E-state index contributed by atoms with van der Waals surface area (Å²) in [7, 11) is 0. The van der Waals surface area contributed by atoms with Crippen LogP contribution in [0.4, 0.5) is 8.78 Å². The number of nitrogens with zero attached hydrogens (tertiary/aromatic N) is 10. The third-order valence-electron chi connectivity index (χ3n) is 9.05. The van der Waals surface area contributed by atoms with E-state index in [2.05, 4.69) is 12.1 Å². The fourth-order valence-corrected chi connectivity index (χ4v) is 6.63. The zero-order chi connectivity index (χ0) is 40.3. The lowest BCUT2D eigenvalue weighted by Gasteiger charge is -2.18. The number of benzene rings is 4. The van der Waals surface area contributed by atoms with E-state index in [1.807, 2.05) is 36.4 Å². The summed E-state index contributed by atoms with van der Waals surface area (Å²) < 4.78 is 30.4. The standard InChI is InChI=1S/C44H12F2N10/c45-37-11-23(1-7-29(37)15-49)33(19-53)41-39(25-3-5-27(13-47)31(9-25)17-51)35(21-55)44-42(34(20-54)24-2-8-30(16-50)38(46)12-24)40(36(22-56)43(41)44)26-4-6-28(14-48)32(10-26)18-52/h1-12H/b41-33-,42-34-. The molecule has 0 saturated heterocycles. The van der Waals surface area contributed by atoms with E-state index in [9.17, 15) is 52.6 Å². The summed E-state index contributed by atoms with van der Waals surface area (Å²) in [6.45, 7) is 0. The third-order valence-corrected chi connectivity index (χ3v) is 9.05. The largest absolute Gasteiger partial charge is 0.206 e. The molecule has 0 atom stereocenters. The van der Waals surface area contributed by atoms with E-state index in [4.69, 9.17) is 0 Å². The van der Waals surface area contributed by atoms with Gasteiger partial charge in [-0.3, -0.25) is 0 Å². The second-order valence-electron chi connectivity index (χ2n) is 11.8. The minimum Gasteiger partial charge on any atom is -0.206 e. The van der Waals surface area contributed by atoms with Gasteiger partial charge in [-0.15, -0.1) is 0 Å². The molecule has 252 valence electrons. The molecule has 6 rings (SSSR count). The SMILES string of the molecule is N#CC1=C(c2ccc(C#N)c(C#N)c2)/C(=C(\C#N)c2ccc(C#N)c(F)c2)C2=C1/C(=C(/C#N)c1ccc(C#N)c(F)c1)C(c1ccc(C#N)c(C#N)c1)=C2C#N. The minimum absolute atomic E-state index is 0.0155. The molecule has 0 spiro atoms. The van der Waals surface area contributed by atoms with Crippen molar-refractivity contribution in [3.8, 4) is 60.7 Å². The van der Waals surface area contributed by atoms with Crippen molar-refractivity contribution in [2.45, 2.75) is 0 Å². The highest BCUT2D eigenvalue weighted by atomic mass is 19.1. The second-order valence-corrected chi connectivity index (χ2v) is 11.8. The van der Waals surface area contributed by atoms with Gasteiger partial charge in [0.2, 0.25) is 0 Å². The quantitative estimate of drug-likeness (QED) is 0.186. The highest BCUT2D eigenvalue weighted by molar-refractivity contribution is 6.17. The van der Waals surface area contributed by atoms with Crippen LogP contribution in [0, 0.1) is 125 Å². The average molecular weight is 719 g/mol. The Balaban J connectivity index is 1.89. The van der Waals surface area contributed by atoms with Crippen molar-refractivity contribution < 1.29 is 8.78 Å². The molecule has 2 aliphatic rings. The molecule has 0 bridgehead atoms. The third kappa shape index (κ3) is 5.56. The maximum Gasteiger partial charge on any atom is 0.141 e. The lowest BCUT2D eigenvalue weighted by molar-refractivity contribution is 0.623. The summed E-state index contributed by atoms with van der Waals surface area (Å²) in [5.41, 5.74) is -2.36. The van der Waals surface area contributed by atoms with Gasteiger partial charge in [0.15, 0.2) is 0 Å². The van der Waals surface area contributed by atoms with Crippen LogP contribution in [0.15, 0.2) is 106 Å². The lowest BCUT2D eigenvalue weighted by Crippen LogP contribution is -2.03. The molecule has 0 amide bonds. The number of halogens is 2. The Kier molecular flexibility index (Phi) is 9.37. The zero-order valence-corrected chi connectivity index (χ0v) is 28.2. The van der Waals surface area contributed by atoms with Crippen molar-refractivity contribution in [2.24, 2.45) is 0 Å². The maximum absolute atomic E-state index is 15.2. The van der Waals surface area contributed by atoms with Crippen LogP contribution in [-0.2, 0) is 0 Å². The second kappa shape index (κ2) is 14.5. The van der Waals surface area contributed by atoms with Crippen molar-refractivity contribution in [1.82, 2.24) is 0 Å². The molecule has 2 aliphatic carbocycles. The van der Waals surface area contributed by atoms with Gasteiger partial charge in [0, 0.05) is 33.4 Å². The molecule has 10 nitrogen and oxygen atoms in total. The van der Waals surface area contributed by atoms with Crippen LogP contribution >= 0.6 is 0 Å². The number of hydrogen-bond donors (Lipinski definition) is 0. The van der Waals surface area contributed by atoms with Crippen molar-refractivity contribution in [3.63, 3.8) is 0 Å². The first kappa shape index (κ1) is 36.1. The van der Waals surface area contributed by atoms with Gasteiger partial charge in [0.25, 0.3) is 0 Å². The predicted octanol–water partition coefficient (Wildman–Crippen LogP) is 7.73. The fourth-order valence-electron chi connectivity index (χ4n) is 6.63. The smallest absolute Gasteiger partial charge is 0.141 e. The Labute approximate surface area is 317 Å². The van der Waals surface area contributed by atoms with E-state index in [1.165, 1.54) is 48.5 Å². The molecule has 0 fully saturated rings. The molecule has 0 radical (unpaired) electrons. The summed E-state index contributed by atoms with van der Waals surface area (Å²) in [6, 6.07) is 34.1. The number of allylic oxidation sites excluding steroid dienone is 10. The first-order chi connectivity index (χ1) is 27.2. The van der Waals surface area contributed by atoms with E-state index < -0.39 is 11.6 Å². The Bertz CT molecular complexity index is 2940. The molecule has 0 aliphatic heterocycles. The van der Waals surface area contributed by atoms with Crippen molar-refractivity contribution in [2.75, 3.05) is 0 Å². The first-order valence-electron chi connectivity index (χ1n) is 15.8. The number of rotatable bonds is 4. The molecule has 0 heterocycles. The van der Waals surface area contributed by atoms with Crippen LogP contribution in [0.2, 0.25) is 0 Å². The molecule has 12 heteroatoms. The number of hydrogen-bond acceptors (Lipinski definition) is 10. The zero-order valence-electron chi connectivity index (χ0n) is 28.2. The highest BCUT2D eigenvalue weighted by Gasteiger charge is 2.44. The maximum atomic E-state index is 15.2. The molecular weight excluding hydrogens is 707 g/mol. The van der Waals surface area contributed by atoms with Crippen LogP contribution in [0.25, 0.3) is 22.3 Å². The van der Waals surface area contributed by atoms with Crippen LogP contribution in [0.1, 0.15) is 55.6 Å². The summed E-state index contributed by atoms with van der Waals surface area (Å²) in [6.07, 6.45) is 0. The molecule has 4 aromatic carbocycles. The summed E-state index contributed by atoms with van der Waals surface area (Å²) in [5, 5.41) is 102. The van der Waals surface area contributed by atoms with Gasteiger partial charge in [-0.05, 0) is 70.8 Å². The van der Waals surface area contributed by atoms with Crippen molar-refractivity contribution >= 4 is 22.3 Å². The molecule has 56 heavy (non-hydrogen) atoms. The van der Waals surface area contributed by atoms with Gasteiger partial charge in [0.1, 0.15) is 72.3 Å². The van der Waals surface area contributed by atoms with E-state index in [-0.39, 0.29) is 111 Å². The van der Waals surface area contributed by atoms with Gasteiger partial charge in [-0.25, -0.2) is 8.78 Å². The number of nitriles is 10. The van der Waals surface area contributed by atoms with Crippen LogP contribution in [-0.4, -0.2) is 0 Å².